The van der Waals surface area contributed by atoms with Crippen LogP contribution in [0.25, 0.3) is 0 Å². The number of hydrogen-bond donors (Lipinski definition) is 0. The standard InChI is InChI=1S/C5H10NO.4CO.Mn/c1-6(2)4-3-5-7;4*1-2;/h3-4H2,1-2H3;;;;;/q-1;;;;;+2. The minimum absolute atomic E-state index is 0. The van der Waals surface area contributed by atoms with Crippen LogP contribution in [0.2, 0.25) is 0 Å². The second-order valence-corrected chi connectivity index (χ2v) is 1.70. The molecule has 0 saturated carbocycles. The zero-order chi connectivity index (χ0) is 13.7. The molecule has 0 aliphatic heterocycles. The molecule has 7 heteroatoms. The topological polar surface area (TPSA) is 99.9 Å². The van der Waals surface area contributed by atoms with Crippen LogP contribution in [0.3, 0.4) is 0 Å². The van der Waals surface area contributed by atoms with Crippen molar-refractivity contribution in [3.63, 3.8) is 0 Å². The quantitative estimate of drug-likeness (QED) is 0.405. The van der Waals surface area contributed by atoms with Gasteiger partial charge in [0.25, 0.3) is 0 Å². The Balaban J connectivity index is -0.0000000238. The van der Waals surface area contributed by atoms with Crippen molar-refractivity contribution >= 4 is 6.29 Å². The second kappa shape index (κ2) is 92.9. The molecular weight excluding hydrogens is 257 g/mol. The fraction of sp³-hybridized carbons (Fsp3) is 0.444. The van der Waals surface area contributed by atoms with Gasteiger partial charge in [-0.3, -0.25) is 6.29 Å². The summed E-state index contributed by atoms with van der Waals surface area (Å²) in [5.74, 6) is 0. The van der Waals surface area contributed by atoms with Crippen molar-refractivity contribution in [2.75, 3.05) is 20.6 Å². The molecule has 0 N–H and O–H groups in total. The summed E-state index contributed by atoms with van der Waals surface area (Å²) in [6, 6.07) is 0. The molecule has 0 amide bonds. The predicted octanol–water partition coefficient (Wildman–Crippen LogP) is -0.105. The van der Waals surface area contributed by atoms with Gasteiger partial charge in [0.15, 0.2) is 0 Å². The molecule has 0 rings (SSSR count). The average molecular weight is 267 g/mol. The first kappa shape index (κ1) is 36.2. The maximum atomic E-state index is 9.56. The van der Waals surface area contributed by atoms with Crippen LogP contribution in [0.5, 0.6) is 0 Å². The van der Waals surface area contributed by atoms with Crippen molar-refractivity contribution in [2.45, 2.75) is 6.42 Å². The first-order chi connectivity index (χ1) is 7.27. The van der Waals surface area contributed by atoms with Crippen LogP contribution >= 0.6 is 0 Å². The number of rotatable bonds is 3. The third-order valence-electron chi connectivity index (χ3n) is 0.661. The Labute approximate surface area is 106 Å². The van der Waals surface area contributed by atoms with Crippen LogP contribution in [0.15, 0.2) is 0 Å². The van der Waals surface area contributed by atoms with Crippen LogP contribution in [0.4, 0.5) is 0 Å². The maximum Gasteiger partial charge on any atom is 2.00 e. The Morgan fingerprint density at radius 2 is 1.19 bits per heavy atom. The van der Waals surface area contributed by atoms with Crippen molar-refractivity contribution in [3.05, 3.63) is 26.6 Å². The average Bonchev–Trinajstić information content (AvgIpc) is 2.36. The van der Waals surface area contributed by atoms with E-state index in [-0.39, 0.29) is 17.1 Å². The molecule has 0 aromatic carbocycles. The smallest absolute Gasteiger partial charge is 2.00 e. The Kier molecular flexibility index (Phi) is 210. The van der Waals surface area contributed by atoms with Crippen molar-refractivity contribution in [3.8, 4) is 0 Å². The monoisotopic (exact) mass is 267 g/mol. The van der Waals surface area contributed by atoms with E-state index in [1.165, 1.54) is 0 Å². The van der Waals surface area contributed by atoms with Gasteiger partial charge in [-0.15, -0.1) is 6.42 Å². The normalized spacial score (nSPS) is 4.69. The summed E-state index contributed by atoms with van der Waals surface area (Å²) < 4.78 is 30.0. The Morgan fingerprint density at radius 1 is 0.938 bits per heavy atom. The molecule has 0 unspecified atom stereocenters. The zero-order valence-electron chi connectivity index (χ0n) is 8.78. The van der Waals surface area contributed by atoms with Gasteiger partial charge >= 0.3 is 62.3 Å². The molecule has 0 saturated heterocycles. The summed E-state index contributed by atoms with van der Waals surface area (Å²) >= 11 is 0. The predicted molar refractivity (Wildman–Crippen MR) is 44.6 cm³/mol. The summed E-state index contributed by atoms with van der Waals surface area (Å²) in [5, 5.41) is 0. The molecule has 0 fully saturated rings. The van der Waals surface area contributed by atoms with Gasteiger partial charge in [-0.2, -0.15) is 0 Å². The molecule has 0 aliphatic rings. The van der Waals surface area contributed by atoms with Crippen LogP contribution in [-0.4, -0.2) is 31.8 Å². The molecule has 0 atom stereocenters. The van der Waals surface area contributed by atoms with E-state index in [1.54, 1.807) is 0 Å². The first-order valence-electron chi connectivity index (χ1n) is 3.08. The van der Waals surface area contributed by atoms with E-state index in [4.69, 9.17) is 18.6 Å². The SMILES string of the molecule is CN(C)CC[C-]=O.[C-]#[O+].[C-]#[O+].[C-]#[O+].[C-]#[O+].[Mn+2]. The van der Waals surface area contributed by atoms with Crippen molar-refractivity contribution in [1.29, 1.82) is 0 Å². The summed E-state index contributed by atoms with van der Waals surface area (Å²) in [6.07, 6.45) is 2.33. The van der Waals surface area contributed by atoms with Gasteiger partial charge in [0.1, 0.15) is 0 Å². The third kappa shape index (κ3) is 199. The molecule has 1 radical (unpaired) electrons. The van der Waals surface area contributed by atoms with Gasteiger partial charge in [-0.1, -0.05) is 0 Å². The molecule has 0 heterocycles. The van der Waals surface area contributed by atoms with Gasteiger partial charge in [0, 0.05) is 0 Å². The Morgan fingerprint density at radius 3 is 1.25 bits per heavy atom. The van der Waals surface area contributed by atoms with Crippen molar-refractivity contribution < 1.29 is 40.5 Å². The van der Waals surface area contributed by atoms with E-state index in [2.05, 4.69) is 26.6 Å². The van der Waals surface area contributed by atoms with Gasteiger partial charge in [0.05, 0.1) is 0 Å². The number of hydrogen-bond acceptors (Lipinski definition) is 2. The summed E-state index contributed by atoms with van der Waals surface area (Å²) in [4.78, 5) is 11.5. The Bertz CT molecular complexity index is 150. The van der Waals surface area contributed by atoms with Gasteiger partial charge < -0.3 is 9.69 Å². The molecule has 16 heavy (non-hydrogen) atoms. The maximum absolute atomic E-state index is 9.56. The fourth-order valence-electron chi connectivity index (χ4n) is 0.269. The van der Waals surface area contributed by atoms with Crippen molar-refractivity contribution in [2.24, 2.45) is 0 Å². The third-order valence-corrected chi connectivity index (χ3v) is 0.661. The van der Waals surface area contributed by atoms with E-state index in [0.29, 0.717) is 6.42 Å². The van der Waals surface area contributed by atoms with Gasteiger partial charge in [0.2, 0.25) is 0 Å². The van der Waals surface area contributed by atoms with Crippen LogP contribution in [-0.2, 0) is 40.5 Å². The molecule has 0 spiro atoms. The molecule has 87 valence electrons. The molecule has 0 aromatic rings. The van der Waals surface area contributed by atoms with Gasteiger partial charge in [-0.25, -0.2) is 0 Å². The molecular formula is C9H10MnNO5+. The summed E-state index contributed by atoms with van der Waals surface area (Å²) in [6.45, 7) is 18.8. The summed E-state index contributed by atoms with van der Waals surface area (Å²) in [5.41, 5.74) is 0. The second-order valence-electron chi connectivity index (χ2n) is 1.70. The molecule has 6 nitrogen and oxygen atoms in total. The largest absolute Gasteiger partial charge is 2.00 e. The number of nitrogens with zero attached hydrogens (tertiary/aromatic N) is 1. The van der Waals surface area contributed by atoms with E-state index in [9.17, 15) is 4.79 Å². The van der Waals surface area contributed by atoms with Crippen LogP contribution in [0.1, 0.15) is 6.42 Å². The van der Waals surface area contributed by atoms with E-state index >= 15 is 0 Å². The van der Waals surface area contributed by atoms with Crippen molar-refractivity contribution in [1.82, 2.24) is 4.90 Å². The number of carbonyl (C=O) groups excluding carboxylic acids is 1. The zero-order valence-corrected chi connectivity index (χ0v) is 9.96. The van der Waals surface area contributed by atoms with Crippen LogP contribution in [0, 0.1) is 26.6 Å². The van der Waals surface area contributed by atoms with E-state index in [1.807, 2.05) is 25.3 Å². The van der Waals surface area contributed by atoms with E-state index in [0.717, 1.165) is 6.54 Å². The molecule has 0 aromatic heterocycles. The van der Waals surface area contributed by atoms with Gasteiger partial charge in [-0.05, 0) is 20.6 Å². The minimum atomic E-state index is 0. The Hall–Kier alpha value is -0.891. The first-order valence-corrected chi connectivity index (χ1v) is 3.08. The minimum Gasteiger partial charge on any atom is 2.00 e. The summed E-state index contributed by atoms with van der Waals surface area (Å²) in [7, 11) is 3.86. The van der Waals surface area contributed by atoms with E-state index < -0.39 is 0 Å². The molecule has 0 aliphatic carbocycles. The van der Waals surface area contributed by atoms with Crippen LogP contribution < -0.4 is 0 Å². The molecule has 0 bridgehead atoms. The fourth-order valence-corrected chi connectivity index (χ4v) is 0.269.